The topological polar surface area (TPSA) is 58.9 Å². The van der Waals surface area contributed by atoms with Crippen LogP contribution in [0, 0.1) is 0 Å². The number of rotatable bonds is 6. The van der Waals surface area contributed by atoms with Crippen molar-refractivity contribution in [3.63, 3.8) is 0 Å². The first-order valence-electron chi connectivity index (χ1n) is 6.52. The van der Waals surface area contributed by atoms with Crippen LogP contribution < -0.4 is 0 Å². The lowest BCUT2D eigenvalue weighted by atomic mass is 10.1. The average Bonchev–Trinajstić information content (AvgIpc) is 2.48. The van der Waals surface area contributed by atoms with Gasteiger partial charge in [-0.25, -0.2) is 0 Å². The van der Waals surface area contributed by atoms with Gasteiger partial charge >= 0.3 is 0 Å². The van der Waals surface area contributed by atoms with E-state index >= 15 is 0 Å². The maximum absolute atomic E-state index is 9.54. The standard InChI is InChI=1S/C15H20O4/c16-9-14(17)15-8-4-7-13(19-15)11-18-10-12-5-2-1-3-6-12/h1-6,8,13-17H,7,9-11H2/t13-,14-,15+/m0/s1. The van der Waals surface area contributed by atoms with Crippen molar-refractivity contribution < 1.29 is 19.7 Å². The molecule has 104 valence electrons. The summed E-state index contributed by atoms with van der Waals surface area (Å²) in [6, 6.07) is 9.96. The van der Waals surface area contributed by atoms with Gasteiger partial charge in [0.2, 0.25) is 0 Å². The van der Waals surface area contributed by atoms with E-state index in [0.717, 1.165) is 12.0 Å². The van der Waals surface area contributed by atoms with Crippen LogP contribution in [-0.4, -0.2) is 41.7 Å². The van der Waals surface area contributed by atoms with E-state index in [-0.39, 0.29) is 12.7 Å². The highest BCUT2D eigenvalue weighted by molar-refractivity contribution is 5.13. The quantitative estimate of drug-likeness (QED) is 0.760. The van der Waals surface area contributed by atoms with Crippen LogP contribution in [0.3, 0.4) is 0 Å². The van der Waals surface area contributed by atoms with Gasteiger partial charge in [0.15, 0.2) is 0 Å². The first kappa shape index (κ1) is 14.2. The van der Waals surface area contributed by atoms with Gasteiger partial charge in [0.05, 0.1) is 25.9 Å². The molecule has 1 aromatic carbocycles. The van der Waals surface area contributed by atoms with E-state index < -0.39 is 12.2 Å². The van der Waals surface area contributed by atoms with Gasteiger partial charge in [0.1, 0.15) is 12.2 Å². The van der Waals surface area contributed by atoms with E-state index in [1.54, 1.807) is 6.08 Å². The van der Waals surface area contributed by atoms with Gasteiger partial charge in [-0.15, -0.1) is 0 Å². The molecule has 2 N–H and O–H groups in total. The molecule has 1 aromatic rings. The van der Waals surface area contributed by atoms with E-state index in [2.05, 4.69) is 0 Å². The largest absolute Gasteiger partial charge is 0.394 e. The molecule has 3 atom stereocenters. The summed E-state index contributed by atoms with van der Waals surface area (Å²) < 4.78 is 11.3. The average molecular weight is 264 g/mol. The SMILES string of the molecule is OC[C@H](O)[C@H]1C=CC[C@@H](COCc2ccccc2)O1. The molecule has 1 aliphatic heterocycles. The monoisotopic (exact) mass is 264 g/mol. The normalized spacial score (nSPS) is 24.3. The summed E-state index contributed by atoms with van der Waals surface area (Å²) in [7, 11) is 0. The Balaban J connectivity index is 1.73. The predicted octanol–water partition coefficient (Wildman–Crippen LogP) is 1.27. The second-order valence-corrected chi connectivity index (χ2v) is 4.64. The highest BCUT2D eigenvalue weighted by Crippen LogP contribution is 2.16. The van der Waals surface area contributed by atoms with Crippen LogP contribution in [0.5, 0.6) is 0 Å². The summed E-state index contributed by atoms with van der Waals surface area (Å²) in [6.07, 6.45) is 3.14. The van der Waals surface area contributed by atoms with E-state index in [4.69, 9.17) is 14.6 Å². The molecule has 0 unspecified atom stereocenters. The Morgan fingerprint density at radius 3 is 2.84 bits per heavy atom. The lowest BCUT2D eigenvalue weighted by Gasteiger charge is -2.28. The Labute approximate surface area is 113 Å². The fraction of sp³-hybridized carbons (Fsp3) is 0.467. The zero-order valence-corrected chi connectivity index (χ0v) is 10.8. The Morgan fingerprint density at radius 2 is 2.11 bits per heavy atom. The Morgan fingerprint density at radius 1 is 1.32 bits per heavy atom. The molecule has 4 nitrogen and oxygen atoms in total. The fourth-order valence-electron chi connectivity index (χ4n) is 2.00. The fourth-order valence-corrected chi connectivity index (χ4v) is 2.00. The summed E-state index contributed by atoms with van der Waals surface area (Å²) in [5.74, 6) is 0. The molecule has 0 spiro atoms. The van der Waals surface area contributed by atoms with Crippen LogP contribution >= 0.6 is 0 Å². The van der Waals surface area contributed by atoms with Gasteiger partial charge in [-0.3, -0.25) is 0 Å². The van der Waals surface area contributed by atoms with Crippen molar-refractivity contribution in [1.29, 1.82) is 0 Å². The van der Waals surface area contributed by atoms with Gasteiger partial charge in [0, 0.05) is 0 Å². The number of ether oxygens (including phenoxy) is 2. The van der Waals surface area contributed by atoms with Crippen molar-refractivity contribution in [2.45, 2.75) is 31.3 Å². The Bertz CT molecular complexity index is 390. The van der Waals surface area contributed by atoms with Crippen LogP contribution in [0.1, 0.15) is 12.0 Å². The molecule has 0 radical (unpaired) electrons. The Hall–Kier alpha value is -1.20. The maximum Gasteiger partial charge on any atom is 0.107 e. The molecule has 0 fully saturated rings. The van der Waals surface area contributed by atoms with Gasteiger partial charge < -0.3 is 19.7 Å². The minimum Gasteiger partial charge on any atom is -0.394 e. The van der Waals surface area contributed by atoms with Gasteiger partial charge in [-0.2, -0.15) is 0 Å². The van der Waals surface area contributed by atoms with E-state index in [0.29, 0.717) is 13.2 Å². The third-order valence-corrected chi connectivity index (χ3v) is 3.06. The smallest absolute Gasteiger partial charge is 0.107 e. The molecule has 0 amide bonds. The number of hydrogen-bond acceptors (Lipinski definition) is 4. The molecule has 4 heteroatoms. The summed E-state index contributed by atoms with van der Waals surface area (Å²) in [5, 5.41) is 18.4. The molecule has 2 rings (SSSR count). The van der Waals surface area contributed by atoms with Crippen molar-refractivity contribution in [3.05, 3.63) is 48.0 Å². The molecule has 0 saturated heterocycles. The van der Waals surface area contributed by atoms with Crippen LogP contribution in [0.2, 0.25) is 0 Å². The molecule has 1 aliphatic rings. The van der Waals surface area contributed by atoms with Crippen LogP contribution in [0.15, 0.2) is 42.5 Å². The first-order valence-corrected chi connectivity index (χ1v) is 6.52. The molecule has 0 bridgehead atoms. The third kappa shape index (κ3) is 4.44. The van der Waals surface area contributed by atoms with Gasteiger partial charge in [0.25, 0.3) is 0 Å². The zero-order chi connectivity index (χ0) is 13.5. The summed E-state index contributed by atoms with van der Waals surface area (Å²) >= 11 is 0. The summed E-state index contributed by atoms with van der Waals surface area (Å²) in [4.78, 5) is 0. The molecule has 1 heterocycles. The maximum atomic E-state index is 9.54. The van der Waals surface area contributed by atoms with Crippen molar-refractivity contribution in [3.8, 4) is 0 Å². The number of aliphatic hydroxyl groups excluding tert-OH is 2. The van der Waals surface area contributed by atoms with Crippen molar-refractivity contribution in [1.82, 2.24) is 0 Å². The van der Waals surface area contributed by atoms with Crippen molar-refractivity contribution in [2.75, 3.05) is 13.2 Å². The number of aliphatic hydroxyl groups is 2. The molecular formula is C15H20O4. The minimum atomic E-state index is -0.867. The van der Waals surface area contributed by atoms with E-state index in [1.807, 2.05) is 36.4 Å². The second kappa shape index (κ2) is 7.40. The highest BCUT2D eigenvalue weighted by Gasteiger charge is 2.23. The van der Waals surface area contributed by atoms with Crippen LogP contribution in [0.4, 0.5) is 0 Å². The van der Waals surface area contributed by atoms with Gasteiger partial charge in [-0.05, 0) is 12.0 Å². The van der Waals surface area contributed by atoms with E-state index in [1.165, 1.54) is 0 Å². The van der Waals surface area contributed by atoms with Gasteiger partial charge in [-0.1, -0.05) is 42.5 Å². The minimum absolute atomic E-state index is 0.0695. The number of hydrogen-bond donors (Lipinski definition) is 2. The second-order valence-electron chi connectivity index (χ2n) is 4.64. The highest BCUT2D eigenvalue weighted by atomic mass is 16.5. The predicted molar refractivity (Wildman–Crippen MR) is 71.6 cm³/mol. The summed E-state index contributed by atoms with van der Waals surface area (Å²) in [6.45, 7) is 0.734. The zero-order valence-electron chi connectivity index (χ0n) is 10.8. The van der Waals surface area contributed by atoms with Crippen LogP contribution in [-0.2, 0) is 16.1 Å². The first-order chi connectivity index (χ1) is 9.29. The summed E-state index contributed by atoms with van der Waals surface area (Å²) in [5.41, 5.74) is 1.13. The molecule has 0 aliphatic carbocycles. The number of benzene rings is 1. The van der Waals surface area contributed by atoms with E-state index in [9.17, 15) is 5.11 Å². The molecule has 0 saturated carbocycles. The van der Waals surface area contributed by atoms with Crippen molar-refractivity contribution in [2.24, 2.45) is 0 Å². The lowest BCUT2D eigenvalue weighted by Crippen LogP contribution is -2.37. The Kier molecular flexibility index (Phi) is 5.54. The van der Waals surface area contributed by atoms with Crippen molar-refractivity contribution >= 4 is 0 Å². The molecule has 19 heavy (non-hydrogen) atoms. The third-order valence-electron chi connectivity index (χ3n) is 3.06. The van der Waals surface area contributed by atoms with Crippen LogP contribution in [0.25, 0.3) is 0 Å². The molecular weight excluding hydrogens is 244 g/mol. The molecule has 0 aromatic heterocycles. The lowest BCUT2D eigenvalue weighted by molar-refractivity contribution is -0.0979.